The molecule has 2 N–H and O–H groups in total. The minimum Gasteiger partial charge on any atom is -0.483 e. The fourth-order valence-corrected chi connectivity index (χ4v) is 2.96. The molecule has 0 radical (unpaired) electrons. The Morgan fingerprint density at radius 1 is 1.20 bits per heavy atom. The normalized spacial score (nSPS) is 13.2. The molecule has 1 saturated carbocycles. The van der Waals surface area contributed by atoms with Crippen molar-refractivity contribution < 1.29 is 14.3 Å². The van der Waals surface area contributed by atoms with Crippen LogP contribution in [0.1, 0.15) is 23.2 Å². The van der Waals surface area contributed by atoms with Gasteiger partial charge in [0.2, 0.25) is 0 Å². The predicted octanol–water partition coefficient (Wildman–Crippen LogP) is 4.01. The maximum atomic E-state index is 12.1. The van der Waals surface area contributed by atoms with E-state index in [1.54, 1.807) is 42.5 Å². The molecule has 130 valence electrons. The van der Waals surface area contributed by atoms with E-state index in [2.05, 4.69) is 26.6 Å². The van der Waals surface area contributed by atoms with Crippen molar-refractivity contribution in [3.8, 4) is 5.75 Å². The van der Waals surface area contributed by atoms with Crippen LogP contribution < -0.4 is 15.4 Å². The molecule has 0 aromatic heterocycles. The Morgan fingerprint density at radius 3 is 2.72 bits per heavy atom. The molecule has 0 heterocycles. The molecule has 0 aliphatic heterocycles. The van der Waals surface area contributed by atoms with Crippen LogP contribution in [0.25, 0.3) is 0 Å². The Labute approximate surface area is 158 Å². The topological polar surface area (TPSA) is 67.4 Å². The molecule has 2 aromatic carbocycles. The predicted molar refractivity (Wildman–Crippen MR) is 100 cm³/mol. The summed E-state index contributed by atoms with van der Waals surface area (Å²) in [6, 6.07) is 12.2. The number of hydrogen-bond donors (Lipinski definition) is 2. The zero-order valence-electron chi connectivity index (χ0n) is 13.2. The molecule has 2 amide bonds. The lowest BCUT2D eigenvalue weighted by molar-refractivity contribution is -0.118. The second-order valence-corrected chi connectivity index (χ2v) is 7.03. The van der Waals surface area contributed by atoms with E-state index in [0.29, 0.717) is 26.5 Å². The smallest absolute Gasteiger partial charge is 0.262 e. The molecule has 7 heteroatoms. The maximum Gasteiger partial charge on any atom is 0.262 e. The number of benzene rings is 2. The molecule has 25 heavy (non-hydrogen) atoms. The summed E-state index contributed by atoms with van der Waals surface area (Å²) in [5, 5.41) is 6.21. The summed E-state index contributed by atoms with van der Waals surface area (Å²) in [6.45, 7) is -0.154. The number of rotatable bonds is 6. The summed E-state index contributed by atoms with van der Waals surface area (Å²) >= 11 is 9.19. The Bertz CT molecular complexity index is 809. The van der Waals surface area contributed by atoms with Crippen molar-refractivity contribution in [3.63, 3.8) is 0 Å². The van der Waals surface area contributed by atoms with Gasteiger partial charge in [0.1, 0.15) is 5.75 Å². The average molecular weight is 424 g/mol. The first-order valence-corrected chi connectivity index (χ1v) is 8.97. The highest BCUT2D eigenvalue weighted by molar-refractivity contribution is 9.10. The number of carbonyl (C=O) groups is 2. The Kier molecular flexibility index (Phi) is 5.60. The van der Waals surface area contributed by atoms with E-state index < -0.39 is 0 Å². The summed E-state index contributed by atoms with van der Waals surface area (Å²) in [4.78, 5) is 24.1. The van der Waals surface area contributed by atoms with Gasteiger partial charge in [-0.1, -0.05) is 17.7 Å². The van der Waals surface area contributed by atoms with Crippen LogP contribution in [0.2, 0.25) is 5.02 Å². The van der Waals surface area contributed by atoms with Crippen LogP contribution in [-0.2, 0) is 4.79 Å². The standard InChI is InChI=1S/C18H16BrClN2O3/c19-15-9-12(20)4-7-16(15)25-10-17(23)21-14-3-1-2-11(8-14)18(24)22-13-5-6-13/h1-4,7-9,13H,5-6,10H2,(H,21,23)(H,22,24). The lowest BCUT2D eigenvalue weighted by Crippen LogP contribution is -2.25. The maximum absolute atomic E-state index is 12.1. The first-order valence-electron chi connectivity index (χ1n) is 7.80. The van der Waals surface area contributed by atoms with Crippen molar-refractivity contribution in [3.05, 3.63) is 57.5 Å². The van der Waals surface area contributed by atoms with Crippen molar-refractivity contribution in [1.82, 2.24) is 5.32 Å². The number of carbonyl (C=O) groups excluding carboxylic acids is 2. The van der Waals surface area contributed by atoms with E-state index in [0.717, 1.165) is 12.8 Å². The van der Waals surface area contributed by atoms with E-state index in [-0.39, 0.29) is 24.5 Å². The molecular weight excluding hydrogens is 408 g/mol. The zero-order valence-corrected chi connectivity index (χ0v) is 15.6. The molecule has 0 atom stereocenters. The fourth-order valence-electron chi connectivity index (χ4n) is 2.17. The molecule has 0 unspecified atom stereocenters. The minimum absolute atomic E-state index is 0.125. The van der Waals surface area contributed by atoms with E-state index in [1.807, 2.05) is 0 Å². The van der Waals surface area contributed by atoms with E-state index in [9.17, 15) is 9.59 Å². The van der Waals surface area contributed by atoms with Crippen LogP contribution in [0.4, 0.5) is 5.69 Å². The Balaban J connectivity index is 1.56. The molecule has 2 aromatic rings. The number of anilines is 1. The van der Waals surface area contributed by atoms with Crippen molar-refractivity contribution >= 4 is 45.0 Å². The summed E-state index contributed by atoms with van der Waals surface area (Å²) in [5.74, 6) is 0.0821. The highest BCUT2D eigenvalue weighted by Crippen LogP contribution is 2.28. The molecular formula is C18H16BrClN2O3. The SMILES string of the molecule is O=C(COc1ccc(Cl)cc1Br)Nc1cccc(C(=O)NC2CC2)c1. The minimum atomic E-state index is -0.318. The highest BCUT2D eigenvalue weighted by Gasteiger charge is 2.23. The van der Waals surface area contributed by atoms with Gasteiger partial charge in [-0.3, -0.25) is 9.59 Å². The summed E-state index contributed by atoms with van der Waals surface area (Å²) < 4.78 is 6.14. The van der Waals surface area contributed by atoms with Crippen molar-refractivity contribution in [2.45, 2.75) is 18.9 Å². The van der Waals surface area contributed by atoms with Crippen LogP contribution in [-0.4, -0.2) is 24.5 Å². The molecule has 1 fully saturated rings. The van der Waals surface area contributed by atoms with E-state index in [4.69, 9.17) is 16.3 Å². The first kappa shape index (κ1) is 17.8. The number of hydrogen-bond acceptors (Lipinski definition) is 3. The van der Waals surface area contributed by atoms with Gasteiger partial charge in [-0.2, -0.15) is 0 Å². The van der Waals surface area contributed by atoms with Crippen LogP contribution in [0.5, 0.6) is 5.75 Å². The van der Waals surface area contributed by atoms with Crippen LogP contribution in [0.15, 0.2) is 46.9 Å². The molecule has 5 nitrogen and oxygen atoms in total. The summed E-state index contributed by atoms with van der Waals surface area (Å²) in [6.07, 6.45) is 2.06. The van der Waals surface area contributed by atoms with Crippen LogP contribution in [0, 0.1) is 0 Å². The molecule has 0 saturated heterocycles. The number of amides is 2. The quantitative estimate of drug-likeness (QED) is 0.737. The van der Waals surface area contributed by atoms with Gasteiger partial charge in [0, 0.05) is 22.3 Å². The van der Waals surface area contributed by atoms with Gasteiger partial charge in [0.25, 0.3) is 11.8 Å². The molecule has 0 bridgehead atoms. The number of ether oxygens (including phenoxy) is 1. The lowest BCUT2D eigenvalue weighted by Gasteiger charge is -2.10. The van der Waals surface area contributed by atoms with Gasteiger partial charge < -0.3 is 15.4 Å². The summed E-state index contributed by atoms with van der Waals surface area (Å²) in [7, 11) is 0. The third-order valence-electron chi connectivity index (χ3n) is 3.57. The second-order valence-electron chi connectivity index (χ2n) is 5.74. The third-order valence-corrected chi connectivity index (χ3v) is 4.43. The first-order chi connectivity index (χ1) is 12.0. The van der Waals surface area contributed by atoms with Gasteiger partial charge >= 0.3 is 0 Å². The molecule has 1 aliphatic rings. The largest absolute Gasteiger partial charge is 0.483 e. The van der Waals surface area contributed by atoms with Crippen LogP contribution in [0.3, 0.4) is 0 Å². The molecule has 1 aliphatic carbocycles. The third kappa shape index (κ3) is 5.21. The highest BCUT2D eigenvalue weighted by atomic mass is 79.9. The van der Waals surface area contributed by atoms with Gasteiger partial charge in [-0.25, -0.2) is 0 Å². The van der Waals surface area contributed by atoms with Gasteiger partial charge in [-0.15, -0.1) is 0 Å². The van der Waals surface area contributed by atoms with Crippen molar-refractivity contribution in [2.24, 2.45) is 0 Å². The van der Waals surface area contributed by atoms with Gasteiger partial charge in [0.05, 0.1) is 4.47 Å². The van der Waals surface area contributed by atoms with E-state index in [1.165, 1.54) is 0 Å². The number of nitrogens with one attached hydrogen (secondary N) is 2. The number of halogens is 2. The van der Waals surface area contributed by atoms with Gasteiger partial charge in [-0.05, 0) is 65.2 Å². The Morgan fingerprint density at radius 2 is 2.00 bits per heavy atom. The molecule has 3 rings (SSSR count). The Hall–Kier alpha value is -2.05. The monoisotopic (exact) mass is 422 g/mol. The van der Waals surface area contributed by atoms with Crippen molar-refractivity contribution in [2.75, 3.05) is 11.9 Å². The summed E-state index contributed by atoms with van der Waals surface area (Å²) in [5.41, 5.74) is 1.07. The second kappa shape index (κ2) is 7.89. The van der Waals surface area contributed by atoms with E-state index >= 15 is 0 Å². The molecule has 0 spiro atoms. The average Bonchev–Trinajstić information content (AvgIpc) is 3.38. The van der Waals surface area contributed by atoms with Crippen molar-refractivity contribution in [1.29, 1.82) is 0 Å². The fraction of sp³-hybridized carbons (Fsp3) is 0.222. The zero-order chi connectivity index (χ0) is 17.8. The lowest BCUT2D eigenvalue weighted by atomic mass is 10.2. The van der Waals surface area contributed by atoms with Gasteiger partial charge in [0.15, 0.2) is 6.61 Å². The van der Waals surface area contributed by atoms with Crippen LogP contribution >= 0.6 is 27.5 Å².